The molecular formula is C16H19NO5. The normalized spacial score (nSPS) is 13.9. The Morgan fingerprint density at radius 1 is 1.23 bits per heavy atom. The fourth-order valence-corrected chi connectivity index (χ4v) is 2.45. The van der Waals surface area contributed by atoms with E-state index in [2.05, 4.69) is 4.74 Å². The minimum Gasteiger partial charge on any atom is -0.453 e. The first-order chi connectivity index (χ1) is 10.5. The number of methoxy groups -OCH3 is 1. The zero-order chi connectivity index (χ0) is 16.1. The number of ether oxygens (including phenoxy) is 2. The van der Waals surface area contributed by atoms with Gasteiger partial charge in [-0.2, -0.15) is 0 Å². The highest BCUT2D eigenvalue weighted by molar-refractivity contribution is 5.95. The average Bonchev–Trinajstić information content (AvgIpc) is 2.94. The number of alkyl carbamates (subject to hydrolysis) is 1. The lowest BCUT2D eigenvalue weighted by atomic mass is 10.0. The molecule has 1 aromatic rings. The Morgan fingerprint density at radius 2 is 1.95 bits per heavy atom. The number of hydrogen-bond acceptors (Lipinski definition) is 5. The Balaban J connectivity index is 1.87. The van der Waals surface area contributed by atoms with Gasteiger partial charge in [0.2, 0.25) is 0 Å². The molecule has 0 aromatic heterocycles. The molecule has 2 amide bonds. The van der Waals surface area contributed by atoms with E-state index in [1.54, 1.807) is 0 Å². The third-order valence-corrected chi connectivity index (χ3v) is 3.60. The quantitative estimate of drug-likeness (QED) is 0.853. The molecule has 0 fully saturated rings. The summed E-state index contributed by atoms with van der Waals surface area (Å²) in [5.41, 5.74) is 3.48. The molecule has 0 spiro atoms. The van der Waals surface area contributed by atoms with Gasteiger partial charge in [0.15, 0.2) is 6.10 Å². The molecular weight excluding hydrogens is 286 g/mol. The van der Waals surface area contributed by atoms with Gasteiger partial charge in [0.05, 0.1) is 13.5 Å². The number of carbonyl (C=O) groups excluding carboxylic acids is 3. The molecule has 6 heteroatoms. The molecule has 1 aromatic carbocycles. The van der Waals surface area contributed by atoms with Crippen LogP contribution in [0.15, 0.2) is 18.2 Å². The molecule has 118 valence electrons. The van der Waals surface area contributed by atoms with Gasteiger partial charge in [-0.3, -0.25) is 14.9 Å². The molecule has 22 heavy (non-hydrogen) atoms. The SMILES string of the molecule is COC(=O)NC(=O)[C@@H](C)OC(=O)Cc1ccc2c(c1)CCC2. The van der Waals surface area contributed by atoms with Crippen molar-refractivity contribution in [1.29, 1.82) is 0 Å². The number of hydrogen-bond donors (Lipinski definition) is 1. The lowest BCUT2D eigenvalue weighted by Gasteiger charge is -2.12. The second-order valence-electron chi connectivity index (χ2n) is 5.25. The van der Waals surface area contributed by atoms with E-state index in [0.29, 0.717) is 0 Å². The van der Waals surface area contributed by atoms with Crippen LogP contribution in [0.2, 0.25) is 0 Å². The summed E-state index contributed by atoms with van der Waals surface area (Å²) in [6.07, 6.45) is 1.44. The van der Waals surface area contributed by atoms with E-state index in [1.165, 1.54) is 18.1 Å². The van der Waals surface area contributed by atoms with Gasteiger partial charge in [0, 0.05) is 0 Å². The first-order valence-corrected chi connectivity index (χ1v) is 7.18. The summed E-state index contributed by atoms with van der Waals surface area (Å²) in [6, 6.07) is 5.96. The Hall–Kier alpha value is -2.37. The Morgan fingerprint density at radius 3 is 2.68 bits per heavy atom. The summed E-state index contributed by atoms with van der Waals surface area (Å²) in [6.45, 7) is 1.40. The van der Waals surface area contributed by atoms with Crippen molar-refractivity contribution >= 4 is 18.0 Å². The summed E-state index contributed by atoms with van der Waals surface area (Å²) in [4.78, 5) is 34.3. The second-order valence-corrected chi connectivity index (χ2v) is 5.25. The number of imide groups is 1. The molecule has 0 bridgehead atoms. The summed E-state index contributed by atoms with van der Waals surface area (Å²) < 4.78 is 9.33. The van der Waals surface area contributed by atoms with E-state index >= 15 is 0 Å². The van der Waals surface area contributed by atoms with Crippen LogP contribution in [0.4, 0.5) is 4.79 Å². The van der Waals surface area contributed by atoms with Crippen molar-refractivity contribution < 1.29 is 23.9 Å². The Bertz CT molecular complexity index is 596. The summed E-state index contributed by atoms with van der Waals surface area (Å²) in [5, 5.41) is 1.96. The number of rotatable bonds is 4. The van der Waals surface area contributed by atoms with Crippen LogP contribution in [-0.4, -0.2) is 31.2 Å². The van der Waals surface area contributed by atoms with Crippen LogP contribution in [0.3, 0.4) is 0 Å². The lowest BCUT2D eigenvalue weighted by molar-refractivity contribution is -0.153. The second kappa shape index (κ2) is 7.06. The van der Waals surface area contributed by atoms with Crippen LogP contribution in [-0.2, 0) is 38.3 Å². The number of amides is 2. The molecule has 0 saturated heterocycles. The van der Waals surface area contributed by atoms with Crippen molar-refractivity contribution in [2.24, 2.45) is 0 Å². The van der Waals surface area contributed by atoms with Gasteiger partial charge in [-0.25, -0.2) is 4.79 Å². The molecule has 0 unspecified atom stereocenters. The highest BCUT2D eigenvalue weighted by Crippen LogP contribution is 2.23. The number of fused-ring (bicyclic) bond motifs is 1. The zero-order valence-electron chi connectivity index (χ0n) is 12.7. The van der Waals surface area contributed by atoms with Crippen molar-refractivity contribution in [1.82, 2.24) is 5.32 Å². The number of benzene rings is 1. The van der Waals surface area contributed by atoms with E-state index in [9.17, 15) is 14.4 Å². The molecule has 1 N–H and O–H groups in total. The molecule has 6 nitrogen and oxygen atoms in total. The monoisotopic (exact) mass is 305 g/mol. The van der Waals surface area contributed by atoms with Gasteiger partial charge in [-0.1, -0.05) is 18.2 Å². The first-order valence-electron chi connectivity index (χ1n) is 7.18. The zero-order valence-corrected chi connectivity index (χ0v) is 12.7. The molecule has 0 radical (unpaired) electrons. The van der Waals surface area contributed by atoms with Crippen LogP contribution in [0.1, 0.15) is 30.0 Å². The predicted molar refractivity (Wildman–Crippen MR) is 78.3 cm³/mol. The summed E-state index contributed by atoms with van der Waals surface area (Å²) >= 11 is 0. The Labute approximate surface area is 128 Å². The van der Waals surface area contributed by atoms with E-state index in [1.807, 2.05) is 23.5 Å². The average molecular weight is 305 g/mol. The maximum absolute atomic E-state index is 11.9. The minimum atomic E-state index is -1.05. The molecule has 1 aliphatic rings. The summed E-state index contributed by atoms with van der Waals surface area (Å²) in [7, 11) is 1.15. The van der Waals surface area contributed by atoms with Crippen molar-refractivity contribution in [2.75, 3.05) is 7.11 Å². The fourth-order valence-electron chi connectivity index (χ4n) is 2.45. The lowest BCUT2D eigenvalue weighted by Crippen LogP contribution is -2.39. The van der Waals surface area contributed by atoms with Crippen LogP contribution >= 0.6 is 0 Å². The number of esters is 1. The van der Waals surface area contributed by atoms with Crippen molar-refractivity contribution in [2.45, 2.75) is 38.7 Å². The minimum absolute atomic E-state index is 0.100. The van der Waals surface area contributed by atoms with E-state index in [4.69, 9.17) is 4.74 Å². The third kappa shape index (κ3) is 4.07. The maximum Gasteiger partial charge on any atom is 0.413 e. The highest BCUT2D eigenvalue weighted by Gasteiger charge is 2.20. The van der Waals surface area contributed by atoms with Gasteiger partial charge in [-0.05, 0) is 42.9 Å². The molecule has 0 heterocycles. The van der Waals surface area contributed by atoms with Gasteiger partial charge in [-0.15, -0.1) is 0 Å². The van der Waals surface area contributed by atoms with Crippen molar-refractivity contribution in [3.05, 3.63) is 34.9 Å². The van der Waals surface area contributed by atoms with Crippen LogP contribution < -0.4 is 5.32 Å². The van der Waals surface area contributed by atoms with E-state index < -0.39 is 24.1 Å². The standard InChI is InChI=1S/C16H19NO5/c1-10(15(19)17-16(20)21-2)22-14(18)9-11-6-7-12-4-3-5-13(12)8-11/h6-8,10H,3-5,9H2,1-2H3,(H,17,19,20)/t10-/m1/s1. The van der Waals surface area contributed by atoms with Crippen LogP contribution in [0.5, 0.6) is 0 Å². The van der Waals surface area contributed by atoms with E-state index in [0.717, 1.165) is 31.9 Å². The molecule has 0 aliphatic heterocycles. The predicted octanol–water partition coefficient (Wildman–Crippen LogP) is 1.53. The Kier molecular flexibility index (Phi) is 5.14. The van der Waals surface area contributed by atoms with Crippen molar-refractivity contribution in [3.63, 3.8) is 0 Å². The summed E-state index contributed by atoms with van der Waals surface area (Å²) in [5.74, 6) is -1.22. The molecule has 0 saturated carbocycles. The van der Waals surface area contributed by atoms with Crippen molar-refractivity contribution in [3.8, 4) is 0 Å². The molecule has 2 rings (SSSR count). The molecule has 1 atom stereocenters. The molecule has 1 aliphatic carbocycles. The van der Waals surface area contributed by atoms with E-state index in [-0.39, 0.29) is 6.42 Å². The number of carbonyl (C=O) groups is 3. The van der Waals surface area contributed by atoms with Gasteiger partial charge in [0.1, 0.15) is 0 Å². The number of nitrogens with one attached hydrogen (secondary N) is 1. The fraction of sp³-hybridized carbons (Fsp3) is 0.438. The highest BCUT2D eigenvalue weighted by atomic mass is 16.6. The van der Waals surface area contributed by atoms with Crippen LogP contribution in [0.25, 0.3) is 0 Å². The van der Waals surface area contributed by atoms with Gasteiger partial charge >= 0.3 is 12.1 Å². The van der Waals surface area contributed by atoms with Gasteiger partial charge < -0.3 is 9.47 Å². The first kappa shape index (κ1) is 16.0. The topological polar surface area (TPSA) is 81.7 Å². The maximum atomic E-state index is 11.9. The third-order valence-electron chi connectivity index (χ3n) is 3.60. The smallest absolute Gasteiger partial charge is 0.413 e. The largest absolute Gasteiger partial charge is 0.453 e. The number of aryl methyl sites for hydroxylation is 2. The van der Waals surface area contributed by atoms with Crippen LogP contribution in [0, 0.1) is 0 Å². The van der Waals surface area contributed by atoms with Gasteiger partial charge in [0.25, 0.3) is 5.91 Å².